The van der Waals surface area contributed by atoms with E-state index in [0.717, 1.165) is 0 Å². The molecule has 0 aromatic heterocycles. The van der Waals surface area contributed by atoms with Gasteiger partial charge < -0.3 is 14.9 Å². The zero-order valence-corrected chi connectivity index (χ0v) is 12.2. The summed E-state index contributed by atoms with van der Waals surface area (Å²) in [6.07, 6.45) is 0.908. The zero-order chi connectivity index (χ0) is 15.0. The molecule has 6 nitrogen and oxygen atoms in total. The first kappa shape index (κ1) is 14.8. The number of carboxylic acid groups (broad SMARTS) is 1. The summed E-state index contributed by atoms with van der Waals surface area (Å²) >= 11 is 0. The van der Waals surface area contributed by atoms with Crippen molar-refractivity contribution in [2.24, 2.45) is 11.8 Å². The molecule has 112 valence electrons. The number of carbonyl (C=O) groups is 3. The smallest absolute Gasteiger partial charge is 0.326 e. The van der Waals surface area contributed by atoms with E-state index in [-0.39, 0.29) is 30.2 Å². The minimum absolute atomic E-state index is 0.0162. The highest BCUT2D eigenvalue weighted by molar-refractivity contribution is 5.91. The molecule has 0 bridgehead atoms. The second-order valence-corrected chi connectivity index (χ2v) is 6.12. The second kappa shape index (κ2) is 5.42. The van der Waals surface area contributed by atoms with Crippen molar-refractivity contribution in [3.8, 4) is 0 Å². The third-order valence-corrected chi connectivity index (χ3v) is 4.37. The molecule has 0 saturated carbocycles. The lowest BCUT2D eigenvalue weighted by Gasteiger charge is -2.26. The molecular weight excluding hydrogens is 260 g/mol. The van der Waals surface area contributed by atoms with Gasteiger partial charge in [-0.1, -0.05) is 6.92 Å². The molecule has 2 aliphatic heterocycles. The molecule has 6 heteroatoms. The molecule has 0 aromatic rings. The Morgan fingerprint density at radius 1 is 1.35 bits per heavy atom. The van der Waals surface area contributed by atoms with Gasteiger partial charge in [0.1, 0.15) is 6.04 Å². The predicted octanol–water partition coefficient (Wildman–Crippen LogP) is 0.565. The fraction of sp³-hybridized carbons (Fsp3) is 0.786. The van der Waals surface area contributed by atoms with Crippen LogP contribution in [0.4, 0.5) is 0 Å². The largest absolute Gasteiger partial charge is 0.480 e. The van der Waals surface area contributed by atoms with Crippen molar-refractivity contribution in [2.75, 3.05) is 13.1 Å². The van der Waals surface area contributed by atoms with Gasteiger partial charge in [0.2, 0.25) is 11.8 Å². The van der Waals surface area contributed by atoms with Gasteiger partial charge in [0.15, 0.2) is 0 Å². The van der Waals surface area contributed by atoms with Gasteiger partial charge in [0, 0.05) is 25.6 Å². The van der Waals surface area contributed by atoms with Crippen molar-refractivity contribution >= 4 is 17.8 Å². The Hall–Kier alpha value is -1.59. The van der Waals surface area contributed by atoms with Gasteiger partial charge in [-0.3, -0.25) is 9.59 Å². The number of carboxylic acids is 1. The Balaban J connectivity index is 2.09. The Labute approximate surface area is 118 Å². The minimum Gasteiger partial charge on any atom is -0.480 e. The van der Waals surface area contributed by atoms with Gasteiger partial charge in [-0.25, -0.2) is 4.79 Å². The molecule has 2 aliphatic rings. The van der Waals surface area contributed by atoms with E-state index in [1.54, 1.807) is 4.90 Å². The fourth-order valence-corrected chi connectivity index (χ4v) is 3.20. The average molecular weight is 282 g/mol. The lowest BCUT2D eigenvalue weighted by molar-refractivity contribution is -0.150. The molecule has 2 rings (SSSR count). The standard InChI is InChI=1S/C14H22N2O4/c1-8(2)16-7-10(6-11(16)17)13(18)15-5-4-9(3)12(15)14(19)20/h8-10,12H,4-7H2,1-3H3,(H,19,20). The first-order valence-electron chi connectivity index (χ1n) is 7.15. The Morgan fingerprint density at radius 2 is 2.00 bits per heavy atom. The molecule has 0 radical (unpaired) electrons. The van der Waals surface area contributed by atoms with Gasteiger partial charge in [-0.15, -0.1) is 0 Å². The maximum absolute atomic E-state index is 12.5. The Kier molecular flexibility index (Phi) is 4.01. The number of amides is 2. The van der Waals surface area contributed by atoms with Gasteiger partial charge in [0.05, 0.1) is 5.92 Å². The molecular formula is C14H22N2O4. The second-order valence-electron chi connectivity index (χ2n) is 6.12. The highest BCUT2D eigenvalue weighted by Gasteiger charge is 2.44. The maximum atomic E-state index is 12.5. The molecule has 0 aromatic carbocycles. The van der Waals surface area contributed by atoms with Crippen LogP contribution in [0.1, 0.15) is 33.6 Å². The highest BCUT2D eigenvalue weighted by atomic mass is 16.4. The molecule has 1 N–H and O–H groups in total. The zero-order valence-electron chi connectivity index (χ0n) is 12.2. The van der Waals surface area contributed by atoms with Crippen molar-refractivity contribution in [3.05, 3.63) is 0 Å². The number of likely N-dealkylation sites (tertiary alicyclic amines) is 2. The topological polar surface area (TPSA) is 77.9 Å². The number of aliphatic carboxylic acids is 1. The monoisotopic (exact) mass is 282 g/mol. The van der Waals surface area contributed by atoms with Crippen LogP contribution in [0.2, 0.25) is 0 Å². The van der Waals surface area contributed by atoms with Gasteiger partial charge >= 0.3 is 5.97 Å². The van der Waals surface area contributed by atoms with Crippen molar-refractivity contribution in [1.29, 1.82) is 0 Å². The van der Waals surface area contributed by atoms with Crippen LogP contribution in [0.15, 0.2) is 0 Å². The number of hydrogen-bond acceptors (Lipinski definition) is 3. The summed E-state index contributed by atoms with van der Waals surface area (Å²) < 4.78 is 0. The van der Waals surface area contributed by atoms with Crippen LogP contribution in [-0.4, -0.2) is 57.9 Å². The molecule has 2 heterocycles. The van der Waals surface area contributed by atoms with Crippen LogP contribution in [0, 0.1) is 11.8 Å². The van der Waals surface area contributed by atoms with Crippen LogP contribution in [0.5, 0.6) is 0 Å². The minimum atomic E-state index is -0.951. The van der Waals surface area contributed by atoms with Crippen molar-refractivity contribution in [2.45, 2.75) is 45.7 Å². The van der Waals surface area contributed by atoms with Crippen molar-refractivity contribution < 1.29 is 19.5 Å². The summed E-state index contributed by atoms with van der Waals surface area (Å²) in [4.78, 5) is 38.8. The molecule has 2 amide bonds. The predicted molar refractivity (Wildman–Crippen MR) is 71.9 cm³/mol. The van der Waals surface area contributed by atoms with Crippen molar-refractivity contribution in [1.82, 2.24) is 9.80 Å². The van der Waals surface area contributed by atoms with Gasteiger partial charge in [0.25, 0.3) is 0 Å². The van der Waals surface area contributed by atoms with Crippen LogP contribution >= 0.6 is 0 Å². The summed E-state index contributed by atoms with van der Waals surface area (Å²) in [5, 5.41) is 9.27. The number of hydrogen-bond donors (Lipinski definition) is 1. The summed E-state index contributed by atoms with van der Waals surface area (Å²) in [6, 6.07) is -0.668. The van der Waals surface area contributed by atoms with Gasteiger partial charge in [-0.2, -0.15) is 0 Å². The lowest BCUT2D eigenvalue weighted by Crippen LogP contribution is -2.46. The number of nitrogens with zero attached hydrogens (tertiary/aromatic N) is 2. The van der Waals surface area contributed by atoms with E-state index >= 15 is 0 Å². The average Bonchev–Trinajstić information content (AvgIpc) is 2.91. The first-order valence-corrected chi connectivity index (χ1v) is 7.15. The van der Waals surface area contributed by atoms with Crippen LogP contribution < -0.4 is 0 Å². The van der Waals surface area contributed by atoms with Crippen molar-refractivity contribution in [3.63, 3.8) is 0 Å². The highest BCUT2D eigenvalue weighted by Crippen LogP contribution is 2.29. The molecule has 2 saturated heterocycles. The van der Waals surface area contributed by atoms with Crippen LogP contribution in [0.3, 0.4) is 0 Å². The first-order chi connectivity index (χ1) is 9.32. The molecule has 3 unspecified atom stereocenters. The normalized spacial score (nSPS) is 30.4. The van der Waals surface area contributed by atoms with E-state index in [4.69, 9.17) is 0 Å². The van der Waals surface area contributed by atoms with E-state index < -0.39 is 17.9 Å². The maximum Gasteiger partial charge on any atom is 0.326 e. The third kappa shape index (κ3) is 2.51. The fourth-order valence-electron chi connectivity index (χ4n) is 3.20. The number of carbonyl (C=O) groups excluding carboxylic acids is 2. The van der Waals surface area contributed by atoms with E-state index in [1.165, 1.54) is 4.90 Å². The third-order valence-electron chi connectivity index (χ3n) is 4.37. The Morgan fingerprint density at radius 3 is 2.50 bits per heavy atom. The molecule has 0 aliphatic carbocycles. The Bertz CT molecular complexity index is 435. The van der Waals surface area contributed by atoms with E-state index in [9.17, 15) is 19.5 Å². The molecule has 20 heavy (non-hydrogen) atoms. The summed E-state index contributed by atoms with van der Waals surface area (Å²) in [5.74, 6) is -1.57. The molecule has 2 fully saturated rings. The SMILES string of the molecule is CC1CCN(C(=O)C2CC(=O)N(C(C)C)C2)C1C(=O)O. The van der Waals surface area contributed by atoms with E-state index in [2.05, 4.69) is 0 Å². The number of rotatable bonds is 3. The van der Waals surface area contributed by atoms with Gasteiger partial charge in [-0.05, 0) is 26.2 Å². The summed E-state index contributed by atoms with van der Waals surface area (Å²) in [7, 11) is 0. The quantitative estimate of drug-likeness (QED) is 0.820. The lowest BCUT2D eigenvalue weighted by atomic mass is 10.0. The van der Waals surface area contributed by atoms with Crippen LogP contribution in [-0.2, 0) is 14.4 Å². The van der Waals surface area contributed by atoms with E-state index in [1.807, 2.05) is 20.8 Å². The summed E-state index contributed by atoms with van der Waals surface area (Å²) in [5.41, 5.74) is 0. The molecule has 0 spiro atoms. The summed E-state index contributed by atoms with van der Waals surface area (Å²) in [6.45, 7) is 6.58. The molecule has 3 atom stereocenters. The van der Waals surface area contributed by atoms with E-state index in [0.29, 0.717) is 19.5 Å². The van der Waals surface area contributed by atoms with Crippen LogP contribution in [0.25, 0.3) is 0 Å².